The highest BCUT2D eigenvalue weighted by Crippen LogP contribution is 2.40. The molecule has 0 bridgehead atoms. The predicted octanol–water partition coefficient (Wildman–Crippen LogP) is 7.29. The summed E-state index contributed by atoms with van der Waals surface area (Å²) < 4.78 is 5.76. The summed E-state index contributed by atoms with van der Waals surface area (Å²) in [5.41, 5.74) is 6.52. The van der Waals surface area contributed by atoms with Gasteiger partial charge in [0, 0.05) is 50.2 Å². The number of hydrogen-bond acceptors (Lipinski definition) is 10. The molecule has 0 fully saturated rings. The fraction of sp³-hybridized carbons (Fsp3) is 0.333. The van der Waals surface area contributed by atoms with Crippen LogP contribution in [-0.2, 0) is 9.53 Å². The zero-order valence-corrected chi connectivity index (χ0v) is 31.3. The van der Waals surface area contributed by atoms with Crippen LogP contribution in [0.3, 0.4) is 0 Å². The van der Waals surface area contributed by atoms with E-state index in [4.69, 9.17) is 32.1 Å². The molecule has 11 nitrogen and oxygen atoms in total. The minimum Gasteiger partial charge on any atom is -0.382 e. The molecule has 0 saturated heterocycles. The molecule has 0 saturated carbocycles. The predicted molar refractivity (Wildman–Crippen MR) is 206 cm³/mol. The SMILES string of the molecule is CC(=N)N1C(=N)[C@H](CC(=O)NCCOCCNc2cccc(C(=O)Nc3nc(C)c(C)s3)c2C)N=C(c2ccc(Cl)cc2)c2c1sc(C)c2C. The molecule has 5 rings (SSSR count). The standard InChI is InChI=1S/C36H41ClN8O3S2/c1-19-22(4)49-35-31(19)32(25-10-12-26(37)13-11-25)43-29(33(39)45(35)24(6)38)18-30(46)41-15-17-48-16-14-40-28-9-7-8-27(20(28)2)34(47)44-36-42-21(3)23(5)50-36/h7-13,29,38-40H,14-18H2,1-6H3,(H,41,46)(H,42,44,47)/t29-/m0/s1. The van der Waals surface area contributed by atoms with E-state index in [0.29, 0.717) is 41.2 Å². The number of nitrogens with zero attached hydrogens (tertiary/aromatic N) is 3. The van der Waals surface area contributed by atoms with E-state index in [0.717, 1.165) is 48.4 Å². The first-order valence-corrected chi connectivity index (χ1v) is 18.2. The maximum Gasteiger partial charge on any atom is 0.257 e. The first kappa shape index (κ1) is 36.8. The second kappa shape index (κ2) is 16.1. The van der Waals surface area contributed by atoms with Crippen LogP contribution in [-0.4, -0.2) is 66.5 Å². The summed E-state index contributed by atoms with van der Waals surface area (Å²) in [5, 5.41) is 28.6. The van der Waals surface area contributed by atoms with Gasteiger partial charge in [0.05, 0.1) is 31.0 Å². The first-order valence-electron chi connectivity index (χ1n) is 16.2. The van der Waals surface area contributed by atoms with Crippen molar-refractivity contribution in [1.29, 1.82) is 10.8 Å². The van der Waals surface area contributed by atoms with Gasteiger partial charge in [-0.25, -0.2) is 4.98 Å². The number of aromatic nitrogens is 1. The summed E-state index contributed by atoms with van der Waals surface area (Å²) in [7, 11) is 0. The quantitative estimate of drug-likeness (QED) is 0.0586. The minimum atomic E-state index is -0.804. The Bertz CT molecular complexity index is 1950. The van der Waals surface area contributed by atoms with Crippen molar-refractivity contribution in [3.8, 4) is 0 Å². The van der Waals surface area contributed by atoms with Gasteiger partial charge in [0.1, 0.15) is 22.7 Å². The van der Waals surface area contributed by atoms with Crippen molar-refractivity contribution in [2.24, 2.45) is 4.99 Å². The topological polar surface area (TPSA) is 156 Å². The van der Waals surface area contributed by atoms with Gasteiger partial charge in [0.25, 0.3) is 5.91 Å². The fourth-order valence-electron chi connectivity index (χ4n) is 5.52. The van der Waals surface area contributed by atoms with Gasteiger partial charge in [0.2, 0.25) is 5.91 Å². The maximum atomic E-state index is 13.1. The Morgan fingerprint density at radius 2 is 1.70 bits per heavy atom. The summed E-state index contributed by atoms with van der Waals surface area (Å²) in [6.07, 6.45) is -0.0564. The average molecular weight is 733 g/mol. The molecule has 0 aliphatic carbocycles. The lowest BCUT2D eigenvalue weighted by atomic mass is 9.99. The van der Waals surface area contributed by atoms with Crippen molar-refractivity contribution in [3.63, 3.8) is 0 Å². The van der Waals surface area contributed by atoms with Crippen LogP contribution in [0, 0.1) is 45.4 Å². The Balaban J connectivity index is 1.15. The number of thiophene rings is 1. The van der Waals surface area contributed by atoms with Crippen LogP contribution < -0.4 is 20.9 Å². The molecular formula is C36H41ClN8O3S2. The highest BCUT2D eigenvalue weighted by atomic mass is 35.5. The molecule has 50 heavy (non-hydrogen) atoms. The van der Waals surface area contributed by atoms with Gasteiger partial charge in [-0.1, -0.05) is 29.8 Å². The van der Waals surface area contributed by atoms with E-state index >= 15 is 0 Å². The number of hydrogen-bond donors (Lipinski definition) is 5. The fourth-order valence-corrected chi connectivity index (χ4v) is 7.68. The number of carbonyl (C=O) groups is 2. The Kier molecular flexibility index (Phi) is 11.8. The number of amidine groups is 2. The number of aryl methyl sites for hydroxylation is 3. The molecule has 0 unspecified atom stereocenters. The monoisotopic (exact) mass is 732 g/mol. The first-order chi connectivity index (χ1) is 23.8. The number of benzene rings is 2. The Labute approximate surface area is 305 Å². The Hall–Kier alpha value is -4.43. The van der Waals surface area contributed by atoms with Gasteiger partial charge in [-0.3, -0.25) is 35.6 Å². The number of ether oxygens (including phenoxy) is 1. The van der Waals surface area contributed by atoms with Gasteiger partial charge >= 0.3 is 0 Å². The van der Waals surface area contributed by atoms with Gasteiger partial charge < -0.3 is 15.4 Å². The van der Waals surface area contributed by atoms with Crippen molar-refractivity contribution in [2.45, 2.75) is 54.0 Å². The van der Waals surface area contributed by atoms with E-state index in [1.54, 1.807) is 30.0 Å². The van der Waals surface area contributed by atoms with Crippen molar-refractivity contribution in [3.05, 3.63) is 90.8 Å². The molecule has 2 aromatic carbocycles. The summed E-state index contributed by atoms with van der Waals surface area (Å²) in [4.78, 5) is 39.1. The van der Waals surface area contributed by atoms with Crippen molar-refractivity contribution in [1.82, 2.24) is 10.3 Å². The molecule has 5 N–H and O–H groups in total. The molecule has 4 aromatic rings. The summed E-state index contributed by atoms with van der Waals surface area (Å²) in [5.74, 6) is -0.218. The van der Waals surface area contributed by atoms with E-state index in [9.17, 15) is 9.59 Å². The zero-order valence-electron chi connectivity index (χ0n) is 28.9. The van der Waals surface area contributed by atoms with E-state index in [2.05, 4.69) is 20.9 Å². The number of aliphatic imine (C=N–C) groups is 1. The smallest absolute Gasteiger partial charge is 0.257 e. The molecule has 0 spiro atoms. The molecule has 1 atom stereocenters. The second-order valence-corrected chi connectivity index (χ2v) is 14.8. The van der Waals surface area contributed by atoms with Crippen LogP contribution in [0.1, 0.15) is 61.4 Å². The number of carbonyl (C=O) groups excluding carboxylic acids is 2. The van der Waals surface area contributed by atoms with Crippen molar-refractivity contribution < 1.29 is 14.3 Å². The molecule has 14 heteroatoms. The minimum absolute atomic E-state index is 0.0564. The molecule has 262 valence electrons. The third-order valence-corrected chi connectivity index (χ3v) is 10.9. The number of nitrogens with one attached hydrogen (secondary N) is 5. The molecular weight excluding hydrogens is 692 g/mol. The zero-order chi connectivity index (χ0) is 36.1. The van der Waals surface area contributed by atoms with Crippen LogP contribution in [0.2, 0.25) is 5.02 Å². The van der Waals surface area contributed by atoms with Crippen LogP contribution >= 0.6 is 34.3 Å². The molecule has 1 aliphatic rings. The highest BCUT2D eigenvalue weighted by molar-refractivity contribution is 7.17. The van der Waals surface area contributed by atoms with Crippen LogP contribution in [0.4, 0.5) is 15.8 Å². The van der Waals surface area contributed by atoms with Gasteiger partial charge in [0.15, 0.2) is 5.13 Å². The third-order valence-electron chi connectivity index (χ3n) is 8.44. The summed E-state index contributed by atoms with van der Waals surface area (Å²) in [6.45, 7) is 12.9. The number of fused-ring (bicyclic) bond motifs is 1. The van der Waals surface area contributed by atoms with Crippen LogP contribution in [0.15, 0.2) is 47.5 Å². The lowest BCUT2D eigenvalue weighted by molar-refractivity contribution is -0.121. The highest BCUT2D eigenvalue weighted by Gasteiger charge is 2.34. The van der Waals surface area contributed by atoms with Crippen LogP contribution in [0.25, 0.3) is 0 Å². The summed E-state index contributed by atoms with van der Waals surface area (Å²) >= 11 is 9.15. The Morgan fingerprint density at radius 3 is 2.38 bits per heavy atom. The average Bonchev–Trinajstić information content (AvgIpc) is 3.49. The lowest BCUT2D eigenvalue weighted by Crippen LogP contribution is -2.42. The molecule has 3 heterocycles. The number of rotatable bonds is 12. The summed E-state index contributed by atoms with van der Waals surface area (Å²) in [6, 6.07) is 12.1. The van der Waals surface area contributed by atoms with E-state index in [1.165, 1.54) is 22.7 Å². The number of thiazole rings is 1. The normalized spacial score (nSPS) is 14.1. The van der Waals surface area contributed by atoms with Gasteiger partial charge in [-0.2, -0.15) is 0 Å². The molecule has 1 aliphatic heterocycles. The largest absolute Gasteiger partial charge is 0.382 e. The van der Waals surface area contributed by atoms with Gasteiger partial charge in [-0.05, 0) is 76.9 Å². The second-order valence-electron chi connectivity index (χ2n) is 12.0. The van der Waals surface area contributed by atoms with E-state index < -0.39 is 6.04 Å². The molecule has 2 aromatic heterocycles. The number of anilines is 3. The van der Waals surface area contributed by atoms with Crippen molar-refractivity contribution >= 4 is 79.3 Å². The Morgan fingerprint density at radius 1 is 0.980 bits per heavy atom. The van der Waals surface area contributed by atoms with Crippen molar-refractivity contribution in [2.75, 3.05) is 41.8 Å². The number of amides is 2. The third kappa shape index (κ3) is 8.29. The lowest BCUT2D eigenvalue weighted by Gasteiger charge is -2.24. The molecule has 0 radical (unpaired) electrons. The van der Waals surface area contributed by atoms with Gasteiger partial charge in [-0.15, -0.1) is 22.7 Å². The maximum absolute atomic E-state index is 13.1. The van der Waals surface area contributed by atoms with E-state index in [1.807, 2.05) is 58.9 Å². The van der Waals surface area contributed by atoms with Crippen LogP contribution in [0.5, 0.6) is 0 Å². The van der Waals surface area contributed by atoms with E-state index in [-0.39, 0.29) is 36.5 Å². The number of halogens is 1. The molecule has 2 amide bonds.